The summed E-state index contributed by atoms with van der Waals surface area (Å²) in [6, 6.07) is 16.0. The molecule has 0 aliphatic carbocycles. The summed E-state index contributed by atoms with van der Waals surface area (Å²) >= 11 is 0. The van der Waals surface area contributed by atoms with Crippen LogP contribution in [0.4, 0.5) is 0 Å². The number of amides is 1. The van der Waals surface area contributed by atoms with Crippen molar-refractivity contribution in [2.75, 3.05) is 13.7 Å². The van der Waals surface area contributed by atoms with Crippen molar-refractivity contribution in [2.24, 2.45) is 11.1 Å². The van der Waals surface area contributed by atoms with Crippen LogP contribution < -0.4 is 4.74 Å². The van der Waals surface area contributed by atoms with Crippen LogP contribution in [0.15, 0.2) is 53.7 Å². The maximum Gasteiger partial charge on any atom is 0.223 e. The van der Waals surface area contributed by atoms with Gasteiger partial charge < -0.3 is 14.5 Å². The molecule has 0 fully saturated rings. The standard InChI is InChI=1S/C24H30N2O3/c1-17(2)12-24(27)26(15-19-9-7-10-20(13-19)28-4)16-21-14-23(25-29-21)22-11-6-5-8-18(22)3/h5-11,13,17,21H,12,14-16H2,1-4H3/t21-/m1/s1. The molecule has 0 saturated carbocycles. The van der Waals surface area contributed by atoms with Crippen molar-refractivity contribution < 1.29 is 14.4 Å². The van der Waals surface area contributed by atoms with Crippen LogP contribution in [0.5, 0.6) is 5.75 Å². The van der Waals surface area contributed by atoms with Crippen molar-refractivity contribution in [1.82, 2.24) is 4.90 Å². The molecule has 2 aromatic rings. The van der Waals surface area contributed by atoms with Gasteiger partial charge in [-0.15, -0.1) is 0 Å². The Labute approximate surface area is 173 Å². The van der Waals surface area contributed by atoms with E-state index in [-0.39, 0.29) is 12.0 Å². The number of methoxy groups -OCH3 is 1. The van der Waals surface area contributed by atoms with Crippen molar-refractivity contribution in [3.8, 4) is 5.75 Å². The molecule has 5 nitrogen and oxygen atoms in total. The molecular weight excluding hydrogens is 364 g/mol. The van der Waals surface area contributed by atoms with Crippen LogP contribution >= 0.6 is 0 Å². The highest BCUT2D eigenvalue weighted by Gasteiger charge is 2.27. The van der Waals surface area contributed by atoms with Gasteiger partial charge in [-0.1, -0.05) is 55.4 Å². The van der Waals surface area contributed by atoms with Crippen LogP contribution in [0.25, 0.3) is 0 Å². The summed E-state index contributed by atoms with van der Waals surface area (Å²) in [6.45, 7) is 7.25. The molecule has 0 radical (unpaired) electrons. The SMILES string of the molecule is COc1cccc(CN(C[C@H]2CC(c3ccccc3C)=NO2)C(=O)CC(C)C)c1. The number of hydrogen-bond acceptors (Lipinski definition) is 4. The Bertz CT molecular complexity index is 876. The number of oxime groups is 1. The highest BCUT2D eigenvalue weighted by atomic mass is 16.6. The maximum absolute atomic E-state index is 12.9. The molecule has 5 heteroatoms. The van der Waals surface area contributed by atoms with Crippen molar-refractivity contribution in [2.45, 2.75) is 46.3 Å². The Balaban J connectivity index is 1.70. The minimum Gasteiger partial charge on any atom is -0.497 e. The lowest BCUT2D eigenvalue weighted by Crippen LogP contribution is -2.37. The van der Waals surface area contributed by atoms with Crippen molar-refractivity contribution in [3.63, 3.8) is 0 Å². The van der Waals surface area contributed by atoms with Crippen LogP contribution in [0.3, 0.4) is 0 Å². The summed E-state index contributed by atoms with van der Waals surface area (Å²) in [4.78, 5) is 20.5. The van der Waals surface area contributed by atoms with E-state index in [1.165, 1.54) is 5.56 Å². The van der Waals surface area contributed by atoms with Crippen molar-refractivity contribution in [3.05, 3.63) is 65.2 Å². The second-order valence-corrected chi connectivity index (χ2v) is 8.01. The average molecular weight is 395 g/mol. The van der Waals surface area contributed by atoms with E-state index in [4.69, 9.17) is 9.57 Å². The molecule has 0 N–H and O–H groups in total. The predicted octanol–water partition coefficient (Wildman–Crippen LogP) is 4.57. The van der Waals surface area contributed by atoms with Gasteiger partial charge in [0.05, 0.1) is 19.4 Å². The van der Waals surface area contributed by atoms with Gasteiger partial charge in [-0.3, -0.25) is 4.79 Å². The molecule has 1 heterocycles. The number of carbonyl (C=O) groups excluding carboxylic acids is 1. The lowest BCUT2D eigenvalue weighted by molar-refractivity contribution is -0.134. The number of nitrogens with zero attached hydrogens (tertiary/aromatic N) is 2. The van der Waals surface area contributed by atoms with Gasteiger partial charge in [0, 0.05) is 24.9 Å². The van der Waals surface area contributed by atoms with E-state index in [0.29, 0.717) is 31.8 Å². The smallest absolute Gasteiger partial charge is 0.223 e. The van der Waals surface area contributed by atoms with Gasteiger partial charge in [-0.2, -0.15) is 0 Å². The molecule has 0 saturated heterocycles. The first-order valence-electron chi connectivity index (χ1n) is 10.2. The topological polar surface area (TPSA) is 51.1 Å². The molecule has 0 unspecified atom stereocenters. The van der Waals surface area contributed by atoms with E-state index >= 15 is 0 Å². The summed E-state index contributed by atoms with van der Waals surface area (Å²) in [5.41, 5.74) is 4.28. The van der Waals surface area contributed by atoms with Crippen molar-refractivity contribution in [1.29, 1.82) is 0 Å². The molecular formula is C24H30N2O3. The quantitative estimate of drug-likeness (QED) is 0.659. The Kier molecular flexibility index (Phi) is 6.91. The molecule has 1 aliphatic heterocycles. The Morgan fingerprint density at radius 3 is 2.76 bits per heavy atom. The van der Waals surface area contributed by atoms with Gasteiger partial charge in [-0.05, 0) is 36.1 Å². The molecule has 1 atom stereocenters. The van der Waals surface area contributed by atoms with E-state index < -0.39 is 0 Å². The zero-order valence-electron chi connectivity index (χ0n) is 17.7. The van der Waals surface area contributed by atoms with Crippen LogP contribution in [0, 0.1) is 12.8 Å². The fourth-order valence-corrected chi connectivity index (χ4v) is 3.55. The van der Waals surface area contributed by atoms with Gasteiger partial charge in [-0.25, -0.2) is 0 Å². The highest BCUT2D eigenvalue weighted by molar-refractivity contribution is 6.02. The first kappa shape index (κ1) is 20.9. The number of ether oxygens (including phenoxy) is 1. The van der Waals surface area contributed by atoms with E-state index in [0.717, 1.165) is 22.6 Å². The van der Waals surface area contributed by atoms with Gasteiger partial charge in [0.15, 0.2) is 6.10 Å². The van der Waals surface area contributed by atoms with E-state index in [9.17, 15) is 4.79 Å². The van der Waals surface area contributed by atoms with E-state index in [2.05, 4.69) is 38.1 Å². The first-order chi connectivity index (χ1) is 14.0. The summed E-state index contributed by atoms with van der Waals surface area (Å²) in [6.07, 6.45) is 1.09. The van der Waals surface area contributed by atoms with Crippen LogP contribution in [0.2, 0.25) is 0 Å². The third kappa shape index (κ3) is 5.59. The summed E-state index contributed by atoms with van der Waals surface area (Å²) in [7, 11) is 1.65. The second kappa shape index (κ2) is 9.59. The number of benzene rings is 2. The number of carbonyl (C=O) groups is 1. The van der Waals surface area contributed by atoms with Crippen LogP contribution in [-0.2, 0) is 16.2 Å². The van der Waals surface area contributed by atoms with Crippen LogP contribution in [-0.4, -0.2) is 36.3 Å². The minimum absolute atomic E-state index is 0.133. The Morgan fingerprint density at radius 2 is 2.03 bits per heavy atom. The zero-order valence-corrected chi connectivity index (χ0v) is 17.7. The normalized spacial score (nSPS) is 15.8. The maximum atomic E-state index is 12.9. The monoisotopic (exact) mass is 394 g/mol. The van der Waals surface area contributed by atoms with Gasteiger partial charge >= 0.3 is 0 Å². The Morgan fingerprint density at radius 1 is 1.24 bits per heavy atom. The summed E-state index contributed by atoms with van der Waals surface area (Å²) < 4.78 is 5.32. The largest absolute Gasteiger partial charge is 0.497 e. The van der Waals surface area contributed by atoms with E-state index in [1.54, 1.807) is 7.11 Å². The fourth-order valence-electron chi connectivity index (χ4n) is 3.55. The highest BCUT2D eigenvalue weighted by Crippen LogP contribution is 2.22. The predicted molar refractivity (Wildman–Crippen MR) is 115 cm³/mol. The van der Waals surface area contributed by atoms with Gasteiger partial charge in [0.25, 0.3) is 0 Å². The van der Waals surface area contributed by atoms with Crippen LogP contribution in [0.1, 0.15) is 43.4 Å². The minimum atomic E-state index is -0.133. The first-order valence-corrected chi connectivity index (χ1v) is 10.2. The second-order valence-electron chi connectivity index (χ2n) is 8.01. The van der Waals surface area contributed by atoms with Gasteiger partial charge in [0.2, 0.25) is 5.91 Å². The number of hydrogen-bond donors (Lipinski definition) is 0. The van der Waals surface area contributed by atoms with Gasteiger partial charge in [0.1, 0.15) is 5.75 Å². The summed E-state index contributed by atoms with van der Waals surface area (Å²) in [5.74, 6) is 1.23. The lowest BCUT2D eigenvalue weighted by Gasteiger charge is -2.26. The molecule has 29 heavy (non-hydrogen) atoms. The average Bonchev–Trinajstić information content (AvgIpc) is 3.16. The third-order valence-corrected chi connectivity index (χ3v) is 5.06. The summed E-state index contributed by atoms with van der Waals surface area (Å²) in [5, 5.41) is 4.31. The number of aryl methyl sites for hydroxylation is 1. The lowest BCUT2D eigenvalue weighted by atomic mass is 10.00. The zero-order chi connectivity index (χ0) is 20.8. The molecule has 154 valence electrons. The number of rotatable bonds is 8. The Hall–Kier alpha value is -2.82. The van der Waals surface area contributed by atoms with Crippen molar-refractivity contribution >= 4 is 11.6 Å². The molecule has 0 bridgehead atoms. The van der Waals surface area contributed by atoms with E-state index in [1.807, 2.05) is 41.3 Å². The molecule has 0 aromatic heterocycles. The molecule has 1 amide bonds. The molecule has 2 aromatic carbocycles. The fraction of sp³-hybridized carbons (Fsp3) is 0.417. The molecule has 3 rings (SSSR count). The molecule has 1 aliphatic rings. The molecule has 0 spiro atoms. The third-order valence-electron chi connectivity index (χ3n) is 5.06.